The first-order chi connectivity index (χ1) is 6.86. The molecule has 1 aromatic rings. The maximum atomic E-state index is 5.58. The summed E-state index contributed by atoms with van der Waals surface area (Å²) in [6, 6.07) is 3.84. The summed E-state index contributed by atoms with van der Waals surface area (Å²) in [6.07, 6.45) is 2.76. The second kappa shape index (κ2) is 4.42. The zero-order chi connectivity index (χ0) is 9.80. The van der Waals surface area contributed by atoms with E-state index < -0.39 is 0 Å². The third-order valence-corrected chi connectivity index (χ3v) is 2.32. The maximum Gasteiger partial charge on any atom is 0.128 e. The monoisotopic (exact) mass is 190 g/mol. The van der Waals surface area contributed by atoms with Crippen LogP contribution >= 0.6 is 0 Å². The minimum absolute atomic E-state index is 0.708. The number of ether oxygens (including phenoxy) is 1. The van der Waals surface area contributed by atoms with Crippen molar-refractivity contribution in [1.82, 2.24) is 4.98 Å². The maximum absolute atomic E-state index is 5.58. The van der Waals surface area contributed by atoms with E-state index in [2.05, 4.69) is 9.88 Å². The van der Waals surface area contributed by atoms with Crippen LogP contribution in [-0.4, -0.2) is 31.3 Å². The number of hydrogen-bond acceptors (Lipinski definition) is 3. The molecule has 1 aliphatic rings. The van der Waals surface area contributed by atoms with Crippen LogP contribution in [0.25, 0.3) is 0 Å². The van der Waals surface area contributed by atoms with Crippen molar-refractivity contribution in [3.8, 4) is 0 Å². The molecule has 1 aliphatic heterocycles. The highest BCUT2D eigenvalue weighted by Gasteiger charge is 2.10. The topological polar surface area (TPSA) is 25.4 Å². The molecule has 0 spiro atoms. The lowest BCUT2D eigenvalue weighted by atomic mass is 10.3. The fourth-order valence-corrected chi connectivity index (χ4v) is 1.56. The third-order valence-electron chi connectivity index (χ3n) is 2.32. The minimum atomic E-state index is 0.708. The molecular weight excluding hydrogens is 176 g/mol. The average Bonchev–Trinajstić information content (AvgIpc) is 2.47. The van der Waals surface area contributed by atoms with E-state index in [0.29, 0.717) is 5.56 Å². The SMILES string of the molecule is [CH]c1ccc(N2CCCOCC2)nc1. The minimum Gasteiger partial charge on any atom is -0.380 e. The summed E-state index contributed by atoms with van der Waals surface area (Å²) in [5, 5.41) is 0. The van der Waals surface area contributed by atoms with Gasteiger partial charge in [0.15, 0.2) is 0 Å². The molecule has 0 aromatic carbocycles. The molecule has 1 aromatic heterocycles. The van der Waals surface area contributed by atoms with Crippen LogP contribution in [0.3, 0.4) is 0 Å². The van der Waals surface area contributed by atoms with Crippen molar-refractivity contribution in [2.45, 2.75) is 6.42 Å². The number of pyridine rings is 1. The summed E-state index contributed by atoms with van der Waals surface area (Å²) in [6.45, 7) is 9.14. The molecule has 1 fully saturated rings. The summed E-state index contributed by atoms with van der Waals surface area (Å²) in [4.78, 5) is 6.52. The molecule has 0 N–H and O–H groups in total. The highest BCUT2D eigenvalue weighted by molar-refractivity contribution is 5.39. The predicted molar refractivity (Wildman–Crippen MR) is 55.3 cm³/mol. The van der Waals surface area contributed by atoms with E-state index in [1.165, 1.54) is 0 Å². The quantitative estimate of drug-likeness (QED) is 0.668. The van der Waals surface area contributed by atoms with E-state index in [1.807, 2.05) is 12.1 Å². The van der Waals surface area contributed by atoms with Crippen molar-refractivity contribution in [3.63, 3.8) is 0 Å². The first-order valence-electron chi connectivity index (χ1n) is 4.90. The van der Waals surface area contributed by atoms with Gasteiger partial charge in [-0.2, -0.15) is 0 Å². The van der Waals surface area contributed by atoms with Gasteiger partial charge in [-0.3, -0.25) is 0 Å². The molecule has 2 radical (unpaired) electrons. The van der Waals surface area contributed by atoms with Crippen LogP contribution < -0.4 is 4.90 Å². The first kappa shape index (κ1) is 9.46. The zero-order valence-electron chi connectivity index (χ0n) is 8.15. The molecule has 0 atom stereocenters. The van der Waals surface area contributed by atoms with Gasteiger partial charge in [-0.05, 0) is 18.1 Å². The van der Waals surface area contributed by atoms with Gasteiger partial charge in [0, 0.05) is 32.8 Å². The van der Waals surface area contributed by atoms with Crippen molar-refractivity contribution >= 4 is 5.82 Å². The van der Waals surface area contributed by atoms with Crippen LogP contribution in [0.5, 0.6) is 0 Å². The van der Waals surface area contributed by atoms with Crippen molar-refractivity contribution in [2.75, 3.05) is 31.2 Å². The number of nitrogens with zero attached hydrogens (tertiary/aromatic N) is 2. The molecule has 0 amide bonds. The lowest BCUT2D eigenvalue weighted by molar-refractivity contribution is 0.152. The number of hydrogen-bond donors (Lipinski definition) is 0. The highest BCUT2D eigenvalue weighted by Crippen LogP contribution is 2.12. The highest BCUT2D eigenvalue weighted by atomic mass is 16.5. The van der Waals surface area contributed by atoms with E-state index >= 15 is 0 Å². The molecular formula is C11H14N2O. The molecule has 0 aliphatic carbocycles. The van der Waals surface area contributed by atoms with Gasteiger partial charge in [0.05, 0.1) is 6.61 Å². The molecule has 14 heavy (non-hydrogen) atoms. The molecule has 3 heteroatoms. The van der Waals surface area contributed by atoms with Crippen LogP contribution in [0.15, 0.2) is 18.3 Å². The largest absolute Gasteiger partial charge is 0.380 e. The Kier molecular flexibility index (Phi) is 2.99. The number of anilines is 1. The van der Waals surface area contributed by atoms with Gasteiger partial charge in [-0.1, -0.05) is 6.07 Å². The molecule has 3 nitrogen and oxygen atoms in total. The second-order valence-electron chi connectivity index (χ2n) is 3.40. The summed E-state index contributed by atoms with van der Waals surface area (Å²) in [5.41, 5.74) is 0.708. The second-order valence-corrected chi connectivity index (χ2v) is 3.40. The fraction of sp³-hybridized carbons (Fsp3) is 0.455. The third kappa shape index (κ3) is 2.23. The van der Waals surface area contributed by atoms with Gasteiger partial charge in [0.2, 0.25) is 0 Å². The Hall–Kier alpha value is -1.09. The molecule has 2 heterocycles. The number of aromatic nitrogens is 1. The molecule has 0 unspecified atom stereocenters. The summed E-state index contributed by atoms with van der Waals surface area (Å²) >= 11 is 0. The summed E-state index contributed by atoms with van der Waals surface area (Å²) < 4.78 is 5.38. The molecule has 0 bridgehead atoms. The van der Waals surface area contributed by atoms with Crippen LogP contribution in [-0.2, 0) is 4.74 Å². The first-order valence-corrected chi connectivity index (χ1v) is 4.90. The van der Waals surface area contributed by atoms with E-state index in [9.17, 15) is 0 Å². The van der Waals surface area contributed by atoms with E-state index in [1.54, 1.807) is 6.20 Å². The van der Waals surface area contributed by atoms with E-state index in [-0.39, 0.29) is 0 Å². The lowest BCUT2D eigenvalue weighted by Crippen LogP contribution is -2.26. The number of rotatable bonds is 1. The normalized spacial score (nSPS) is 17.9. The van der Waals surface area contributed by atoms with Crippen LogP contribution in [0.1, 0.15) is 12.0 Å². The van der Waals surface area contributed by atoms with Gasteiger partial charge in [-0.25, -0.2) is 4.98 Å². The van der Waals surface area contributed by atoms with E-state index in [0.717, 1.165) is 38.5 Å². The molecule has 2 rings (SSSR count). The standard InChI is InChI=1S/C11H14N2O/c1-10-3-4-11(12-9-10)13-5-2-7-14-8-6-13/h1,3-4,9H,2,5-8H2. The van der Waals surface area contributed by atoms with Crippen molar-refractivity contribution < 1.29 is 4.74 Å². The van der Waals surface area contributed by atoms with Gasteiger partial charge in [0.25, 0.3) is 0 Å². The van der Waals surface area contributed by atoms with Crippen LogP contribution in [0.4, 0.5) is 5.82 Å². The average molecular weight is 190 g/mol. The van der Waals surface area contributed by atoms with Crippen molar-refractivity contribution in [3.05, 3.63) is 30.8 Å². The van der Waals surface area contributed by atoms with Crippen molar-refractivity contribution in [1.29, 1.82) is 0 Å². The summed E-state index contributed by atoms with van der Waals surface area (Å²) in [7, 11) is 0. The zero-order valence-corrected chi connectivity index (χ0v) is 8.15. The Morgan fingerprint density at radius 1 is 1.29 bits per heavy atom. The van der Waals surface area contributed by atoms with Crippen molar-refractivity contribution in [2.24, 2.45) is 0 Å². The fourth-order valence-electron chi connectivity index (χ4n) is 1.56. The van der Waals surface area contributed by atoms with Crippen LogP contribution in [0, 0.1) is 6.92 Å². The Labute approximate surface area is 84.7 Å². The Balaban J connectivity index is 2.08. The van der Waals surface area contributed by atoms with Gasteiger partial charge < -0.3 is 9.64 Å². The Bertz CT molecular complexity index is 276. The van der Waals surface area contributed by atoms with Crippen LogP contribution in [0.2, 0.25) is 0 Å². The molecule has 74 valence electrons. The van der Waals surface area contributed by atoms with Gasteiger partial charge in [-0.15, -0.1) is 0 Å². The smallest absolute Gasteiger partial charge is 0.128 e. The summed E-state index contributed by atoms with van der Waals surface area (Å²) in [5.74, 6) is 0.990. The Morgan fingerprint density at radius 3 is 3.00 bits per heavy atom. The molecule has 1 saturated heterocycles. The van der Waals surface area contributed by atoms with Gasteiger partial charge >= 0.3 is 0 Å². The van der Waals surface area contributed by atoms with Gasteiger partial charge in [0.1, 0.15) is 5.82 Å². The molecule has 0 saturated carbocycles. The predicted octanol–water partition coefficient (Wildman–Crippen LogP) is 1.37. The Morgan fingerprint density at radius 2 is 2.21 bits per heavy atom. The lowest BCUT2D eigenvalue weighted by Gasteiger charge is -2.20. The van der Waals surface area contributed by atoms with E-state index in [4.69, 9.17) is 11.7 Å².